The molecule has 3 aliphatic heterocycles. The molecule has 3 atom stereocenters. The first-order valence-corrected chi connectivity index (χ1v) is 17.2. The lowest BCUT2D eigenvalue weighted by Gasteiger charge is -2.40. The monoisotopic (exact) mass is 576 g/mol. The Morgan fingerprint density at radius 1 is 1.05 bits per heavy atom. The third-order valence-corrected chi connectivity index (χ3v) is 11.4. The van der Waals surface area contributed by atoms with Gasteiger partial charge in [0.25, 0.3) is 0 Å². The van der Waals surface area contributed by atoms with Crippen LogP contribution in [0.25, 0.3) is 0 Å². The van der Waals surface area contributed by atoms with Crippen molar-refractivity contribution in [1.29, 1.82) is 0 Å². The van der Waals surface area contributed by atoms with Crippen LogP contribution in [-0.4, -0.2) is 76.3 Å². The van der Waals surface area contributed by atoms with Gasteiger partial charge in [-0.3, -0.25) is 9.69 Å². The third-order valence-electron chi connectivity index (χ3n) is 9.02. The van der Waals surface area contributed by atoms with Crippen LogP contribution in [0, 0.1) is 19.8 Å². The first-order valence-electron chi connectivity index (χ1n) is 14.5. The summed E-state index contributed by atoms with van der Waals surface area (Å²) in [6.07, 6.45) is 8.00. The summed E-state index contributed by atoms with van der Waals surface area (Å²) in [4.78, 5) is 18.5. The molecular formula is C28H44N6O3S2. The Kier molecular flexibility index (Phi) is 8.52. The highest BCUT2D eigenvalue weighted by Crippen LogP contribution is 2.42. The summed E-state index contributed by atoms with van der Waals surface area (Å²) in [5.41, 5.74) is 0. The molecule has 2 aromatic rings. The second-order valence-electron chi connectivity index (χ2n) is 12.1. The molecule has 2 bridgehead atoms. The van der Waals surface area contributed by atoms with Crippen LogP contribution in [0.3, 0.4) is 0 Å². The molecule has 0 saturated carbocycles. The Morgan fingerprint density at radius 2 is 1.72 bits per heavy atom. The van der Waals surface area contributed by atoms with Crippen molar-refractivity contribution in [2.45, 2.75) is 103 Å². The SMILES string of the molecule is Cc1ccc([C@H](CCN2C3CCC2CC(n2c(C)nnc2C(C)C)C3)NC(=O)C2CCN(S(C)(=O)=O)CC2)s1. The zero-order valence-corrected chi connectivity index (χ0v) is 25.6. The number of nitrogens with one attached hydrogen (secondary N) is 1. The zero-order valence-electron chi connectivity index (χ0n) is 24.0. The van der Waals surface area contributed by atoms with Crippen LogP contribution in [0.1, 0.15) is 98.2 Å². The van der Waals surface area contributed by atoms with Gasteiger partial charge in [0.15, 0.2) is 0 Å². The fourth-order valence-corrected chi connectivity index (χ4v) is 8.83. The normalized spacial score (nSPS) is 25.8. The van der Waals surface area contributed by atoms with Crippen molar-refractivity contribution in [3.8, 4) is 0 Å². The number of carbonyl (C=O) groups excluding carboxylic acids is 1. The number of amides is 1. The minimum Gasteiger partial charge on any atom is -0.348 e. The third kappa shape index (κ3) is 6.26. The molecule has 3 aliphatic rings. The van der Waals surface area contributed by atoms with E-state index in [1.807, 2.05) is 0 Å². The molecule has 0 aromatic carbocycles. The Balaban J connectivity index is 1.23. The van der Waals surface area contributed by atoms with Crippen LogP contribution in [-0.2, 0) is 14.8 Å². The van der Waals surface area contributed by atoms with Gasteiger partial charge in [-0.1, -0.05) is 13.8 Å². The standard InChI is InChI=1S/C28H44N6O3S2/c1-18(2)27-31-30-20(4)34(27)24-16-22-7-8-23(17-24)33(22)15-12-25(26-9-6-19(3)38-26)29-28(35)21-10-13-32(14-11-21)39(5,36)37/h6,9,18,21-25H,7-8,10-17H2,1-5H3,(H,29,35)/t22?,23?,24?,25-/m0/s1. The predicted molar refractivity (Wildman–Crippen MR) is 154 cm³/mol. The minimum absolute atomic E-state index is 0.0195. The summed E-state index contributed by atoms with van der Waals surface area (Å²) < 4.78 is 27.7. The van der Waals surface area contributed by atoms with E-state index in [2.05, 4.69) is 64.8 Å². The highest BCUT2D eigenvalue weighted by molar-refractivity contribution is 7.88. The van der Waals surface area contributed by atoms with Crippen molar-refractivity contribution in [2.75, 3.05) is 25.9 Å². The Labute approximate surface area is 237 Å². The van der Waals surface area contributed by atoms with E-state index in [-0.39, 0.29) is 17.9 Å². The first kappa shape index (κ1) is 28.7. The molecule has 216 valence electrons. The molecule has 11 heteroatoms. The van der Waals surface area contributed by atoms with Crippen LogP contribution in [0.4, 0.5) is 0 Å². The maximum absolute atomic E-state index is 13.3. The molecule has 3 fully saturated rings. The topological polar surface area (TPSA) is 100 Å². The number of hydrogen-bond acceptors (Lipinski definition) is 7. The second-order valence-corrected chi connectivity index (χ2v) is 15.4. The van der Waals surface area contributed by atoms with Crippen molar-refractivity contribution in [3.05, 3.63) is 33.5 Å². The van der Waals surface area contributed by atoms with Crippen LogP contribution in [0.5, 0.6) is 0 Å². The largest absolute Gasteiger partial charge is 0.348 e. The van der Waals surface area contributed by atoms with Crippen molar-refractivity contribution in [1.82, 2.24) is 29.3 Å². The molecule has 2 unspecified atom stereocenters. The molecule has 0 spiro atoms. The molecule has 1 amide bonds. The molecule has 1 N–H and O–H groups in total. The first-order chi connectivity index (χ1) is 18.5. The molecule has 2 aromatic heterocycles. The summed E-state index contributed by atoms with van der Waals surface area (Å²) in [5, 5.41) is 12.3. The summed E-state index contributed by atoms with van der Waals surface area (Å²) in [7, 11) is -3.20. The lowest BCUT2D eigenvalue weighted by atomic mass is 9.95. The number of aromatic nitrogens is 3. The van der Waals surface area contributed by atoms with Gasteiger partial charge in [0, 0.05) is 59.3 Å². The van der Waals surface area contributed by atoms with Crippen molar-refractivity contribution < 1.29 is 13.2 Å². The number of aryl methyl sites for hydroxylation is 2. The predicted octanol–water partition coefficient (Wildman–Crippen LogP) is 4.17. The highest BCUT2D eigenvalue weighted by Gasteiger charge is 2.42. The number of nitrogens with zero attached hydrogens (tertiary/aromatic N) is 5. The van der Waals surface area contributed by atoms with E-state index in [0.717, 1.165) is 37.5 Å². The summed E-state index contributed by atoms with van der Waals surface area (Å²) in [6.45, 7) is 10.4. The Bertz CT molecular complexity index is 1250. The second kappa shape index (κ2) is 11.6. The molecule has 5 heterocycles. The molecule has 9 nitrogen and oxygen atoms in total. The summed E-state index contributed by atoms with van der Waals surface area (Å²) in [5.74, 6) is 2.41. The lowest BCUT2D eigenvalue weighted by Crippen LogP contribution is -2.46. The van der Waals surface area contributed by atoms with E-state index in [9.17, 15) is 13.2 Å². The van der Waals surface area contributed by atoms with Crippen LogP contribution in [0.15, 0.2) is 12.1 Å². The summed E-state index contributed by atoms with van der Waals surface area (Å²) in [6, 6.07) is 5.83. The average Bonchev–Trinajstić information content (AvgIpc) is 3.56. The highest BCUT2D eigenvalue weighted by atomic mass is 32.2. The van der Waals surface area contributed by atoms with E-state index < -0.39 is 10.0 Å². The smallest absolute Gasteiger partial charge is 0.223 e. The van der Waals surface area contributed by atoms with Gasteiger partial charge in [-0.15, -0.1) is 21.5 Å². The molecule has 0 aliphatic carbocycles. The van der Waals surface area contributed by atoms with Gasteiger partial charge in [0.1, 0.15) is 11.6 Å². The van der Waals surface area contributed by atoms with Gasteiger partial charge < -0.3 is 9.88 Å². The van der Waals surface area contributed by atoms with E-state index in [1.54, 1.807) is 11.3 Å². The van der Waals surface area contributed by atoms with Crippen molar-refractivity contribution in [3.63, 3.8) is 0 Å². The van der Waals surface area contributed by atoms with Gasteiger partial charge in [-0.25, -0.2) is 12.7 Å². The van der Waals surface area contributed by atoms with E-state index in [1.165, 1.54) is 33.2 Å². The van der Waals surface area contributed by atoms with E-state index in [0.29, 0.717) is 50.0 Å². The van der Waals surface area contributed by atoms with E-state index in [4.69, 9.17) is 0 Å². The summed E-state index contributed by atoms with van der Waals surface area (Å²) >= 11 is 1.76. The Hall–Kier alpha value is -1.82. The average molecular weight is 577 g/mol. The van der Waals surface area contributed by atoms with Gasteiger partial charge in [-0.2, -0.15) is 0 Å². The van der Waals surface area contributed by atoms with Gasteiger partial charge in [0.05, 0.1) is 12.3 Å². The number of thiophene rings is 1. The maximum Gasteiger partial charge on any atom is 0.223 e. The maximum atomic E-state index is 13.3. The van der Waals surface area contributed by atoms with Gasteiger partial charge >= 0.3 is 0 Å². The Morgan fingerprint density at radius 3 is 2.28 bits per heavy atom. The lowest BCUT2D eigenvalue weighted by molar-refractivity contribution is -0.127. The number of hydrogen-bond donors (Lipinski definition) is 1. The van der Waals surface area contributed by atoms with Gasteiger partial charge in [0.2, 0.25) is 15.9 Å². The van der Waals surface area contributed by atoms with Crippen LogP contribution >= 0.6 is 11.3 Å². The van der Waals surface area contributed by atoms with Crippen molar-refractivity contribution >= 4 is 27.3 Å². The van der Waals surface area contributed by atoms with Crippen LogP contribution < -0.4 is 5.32 Å². The number of rotatable bonds is 9. The fraction of sp³-hybridized carbons (Fsp3) is 0.750. The number of sulfonamides is 1. The molecular weight excluding hydrogens is 532 g/mol. The van der Waals surface area contributed by atoms with Gasteiger partial charge in [-0.05, 0) is 70.9 Å². The number of piperidine rings is 2. The molecule has 39 heavy (non-hydrogen) atoms. The number of fused-ring (bicyclic) bond motifs is 2. The van der Waals surface area contributed by atoms with E-state index >= 15 is 0 Å². The fourth-order valence-electron chi connectivity index (χ4n) is 7.00. The minimum atomic E-state index is -3.20. The quantitative estimate of drug-likeness (QED) is 0.481. The molecule has 3 saturated heterocycles. The molecule has 5 rings (SSSR count). The number of carbonyl (C=O) groups is 1. The van der Waals surface area contributed by atoms with Crippen LogP contribution in [0.2, 0.25) is 0 Å². The zero-order chi connectivity index (χ0) is 27.9. The van der Waals surface area contributed by atoms with Crippen molar-refractivity contribution in [2.24, 2.45) is 5.92 Å². The molecule has 0 radical (unpaired) electrons.